The average Bonchev–Trinajstić information content (AvgIpc) is 3.49. The number of hydrogen-bond donors (Lipinski definition) is 0. The molecule has 5 aromatic carbocycles. The van der Waals surface area contributed by atoms with E-state index in [0.717, 1.165) is 50.0 Å². The summed E-state index contributed by atoms with van der Waals surface area (Å²) in [6.07, 6.45) is 3.66. The van der Waals surface area contributed by atoms with Gasteiger partial charge in [0.15, 0.2) is 0 Å². The number of fused-ring (bicyclic) bond motifs is 6. The van der Waals surface area contributed by atoms with Crippen LogP contribution in [0.25, 0.3) is 66.0 Å². The van der Waals surface area contributed by atoms with Crippen LogP contribution in [0.15, 0.2) is 120 Å². The summed E-state index contributed by atoms with van der Waals surface area (Å²) in [6, 6.07) is 42.6. The summed E-state index contributed by atoms with van der Waals surface area (Å²) >= 11 is 0. The van der Waals surface area contributed by atoms with Gasteiger partial charge in [0.2, 0.25) is 0 Å². The molecule has 0 aliphatic carbocycles. The van der Waals surface area contributed by atoms with E-state index in [1.807, 2.05) is 38.2 Å². The number of rotatable bonds is 5. The maximum Gasteiger partial charge on any atom is 0.120 e. The predicted octanol–water partition coefficient (Wildman–Crippen LogP) is 12.1. The topological polar surface area (TPSA) is 38.9 Å². The van der Waals surface area contributed by atoms with Crippen molar-refractivity contribution in [3.05, 3.63) is 139 Å². The molecule has 8 aromatic rings. The van der Waals surface area contributed by atoms with E-state index in [9.17, 15) is 0 Å². The molecule has 50 heavy (non-hydrogen) atoms. The summed E-state index contributed by atoms with van der Waals surface area (Å²) in [5, 5.41) is 8.60. The smallest absolute Gasteiger partial charge is 0.120 e. The summed E-state index contributed by atoms with van der Waals surface area (Å²) in [5.41, 5.74) is 7.65. The van der Waals surface area contributed by atoms with E-state index in [0.29, 0.717) is 5.92 Å². The zero-order valence-electron chi connectivity index (χ0n) is 30.7. The van der Waals surface area contributed by atoms with E-state index in [-0.39, 0.29) is 20.1 Å². The first kappa shape index (κ1) is 34.1. The largest absolute Gasteiger partial charge is 0.501 e. The molecule has 1 radical (unpaired) electrons. The first-order valence-electron chi connectivity index (χ1n) is 17.5. The van der Waals surface area contributed by atoms with Crippen molar-refractivity contribution in [3.63, 3.8) is 0 Å². The fraction of sp³-hybridized carbons (Fsp3) is 0.200. The summed E-state index contributed by atoms with van der Waals surface area (Å²) in [7, 11) is -1.41. The van der Waals surface area contributed by atoms with Crippen molar-refractivity contribution < 1.29 is 25.9 Å². The second-order valence-electron chi connectivity index (χ2n) is 14.4. The fourth-order valence-corrected chi connectivity index (χ4v) is 7.47. The Balaban J connectivity index is 0.000000174. The van der Waals surface area contributed by atoms with Gasteiger partial charge in [0, 0.05) is 39.3 Å². The molecule has 0 spiro atoms. The van der Waals surface area contributed by atoms with Gasteiger partial charge < -0.3 is 14.4 Å². The third kappa shape index (κ3) is 7.09. The van der Waals surface area contributed by atoms with Crippen LogP contribution in [0.1, 0.15) is 52.0 Å². The van der Waals surface area contributed by atoms with Crippen molar-refractivity contribution in [1.82, 2.24) is 9.97 Å². The minimum atomic E-state index is -1.41. The van der Waals surface area contributed by atoms with Crippen LogP contribution in [0.3, 0.4) is 0 Å². The molecule has 0 bridgehead atoms. The zero-order chi connectivity index (χ0) is 35.2. The number of nitrogens with zero attached hydrogens (tertiary/aromatic N) is 2. The van der Waals surface area contributed by atoms with Gasteiger partial charge in [-0.1, -0.05) is 146 Å². The van der Waals surface area contributed by atoms with Crippen LogP contribution < -0.4 is 5.19 Å². The molecule has 0 atom stereocenters. The van der Waals surface area contributed by atoms with Gasteiger partial charge in [0.1, 0.15) is 5.58 Å². The van der Waals surface area contributed by atoms with Crippen molar-refractivity contribution in [2.24, 2.45) is 0 Å². The van der Waals surface area contributed by atoms with Crippen LogP contribution in [0, 0.1) is 12.1 Å². The second-order valence-corrected chi connectivity index (χ2v) is 19.4. The van der Waals surface area contributed by atoms with Gasteiger partial charge in [-0.05, 0) is 46.8 Å². The number of benzene rings is 5. The Kier molecular flexibility index (Phi) is 9.84. The molecule has 3 nitrogen and oxygen atoms in total. The normalized spacial score (nSPS) is 12.2. The molecule has 8 rings (SSSR count). The molecule has 3 aromatic heterocycles. The Bertz CT molecular complexity index is 2510. The van der Waals surface area contributed by atoms with Crippen molar-refractivity contribution in [2.75, 3.05) is 0 Å². The third-order valence-electron chi connectivity index (χ3n) is 9.30. The first-order chi connectivity index (χ1) is 23.9. The molecular formula is C45H42IrN2OSi-2. The summed E-state index contributed by atoms with van der Waals surface area (Å²) < 4.78 is 14.6. The van der Waals surface area contributed by atoms with E-state index in [1.54, 1.807) is 6.20 Å². The molecule has 0 amide bonds. The van der Waals surface area contributed by atoms with Gasteiger partial charge in [0.05, 0.1) is 13.7 Å². The molecule has 0 aliphatic rings. The molecule has 0 saturated heterocycles. The van der Waals surface area contributed by atoms with Gasteiger partial charge in [-0.15, -0.1) is 47.3 Å². The Hall–Kier alpha value is -4.41. The number of pyridine rings is 2. The molecule has 0 saturated carbocycles. The molecular weight excluding hydrogens is 805 g/mol. The van der Waals surface area contributed by atoms with E-state index >= 15 is 0 Å². The van der Waals surface area contributed by atoms with E-state index in [4.69, 9.17) is 5.79 Å². The average molecular weight is 848 g/mol. The van der Waals surface area contributed by atoms with Gasteiger partial charge in [-0.2, -0.15) is 0 Å². The van der Waals surface area contributed by atoms with Crippen LogP contribution in [-0.2, 0) is 20.1 Å². The molecule has 0 unspecified atom stereocenters. The molecule has 3 heterocycles. The fourth-order valence-electron chi connectivity index (χ4n) is 6.32. The van der Waals surface area contributed by atoms with Gasteiger partial charge in [-0.25, -0.2) is 0 Å². The number of aromatic nitrogens is 2. The van der Waals surface area contributed by atoms with Crippen LogP contribution in [0.2, 0.25) is 19.6 Å². The van der Waals surface area contributed by atoms with Gasteiger partial charge in [0.25, 0.3) is 0 Å². The number of furan rings is 1. The summed E-state index contributed by atoms with van der Waals surface area (Å²) in [4.78, 5) is 9.06. The van der Waals surface area contributed by atoms with E-state index in [1.165, 1.54) is 32.3 Å². The van der Waals surface area contributed by atoms with Crippen molar-refractivity contribution in [2.45, 2.75) is 59.1 Å². The van der Waals surface area contributed by atoms with Gasteiger partial charge in [-0.3, -0.25) is 0 Å². The van der Waals surface area contributed by atoms with E-state index < -0.39 is 14.0 Å². The van der Waals surface area contributed by atoms with Crippen LogP contribution in [0.5, 0.6) is 0 Å². The second kappa shape index (κ2) is 14.4. The Morgan fingerprint density at radius 3 is 2.16 bits per heavy atom. The quantitative estimate of drug-likeness (QED) is 0.0984. The zero-order valence-corrected chi connectivity index (χ0v) is 33.1. The van der Waals surface area contributed by atoms with E-state index in [2.05, 4.69) is 141 Å². The van der Waals surface area contributed by atoms with Crippen LogP contribution in [-0.4, -0.2) is 18.0 Å². The Labute approximate surface area is 311 Å². The Morgan fingerprint density at radius 1 is 0.680 bits per heavy atom. The molecule has 0 N–H and O–H groups in total. The monoisotopic (exact) mass is 848 g/mol. The summed E-state index contributed by atoms with van der Waals surface area (Å²) in [6.45, 7) is 15.2. The molecule has 5 heteroatoms. The maximum absolute atomic E-state index is 8.31. The third-order valence-corrected chi connectivity index (χ3v) is 11.3. The molecule has 0 aliphatic heterocycles. The maximum atomic E-state index is 8.31. The minimum absolute atomic E-state index is 0. The predicted molar refractivity (Wildman–Crippen MR) is 210 cm³/mol. The minimum Gasteiger partial charge on any atom is -0.501 e. The number of hydrogen-bond acceptors (Lipinski definition) is 3. The van der Waals surface area contributed by atoms with Crippen LogP contribution >= 0.6 is 0 Å². The SMILES string of the molecule is CC(C)c1ccnc(-c2[c-]cc3c(ccc4ccccc43)c2)c1.[2H]C(C)(C)c1ccnc(-c2[c-]ccc3c2oc2cc([Si](C)(C)C)ccc23)c1.[Ir]. The van der Waals surface area contributed by atoms with Crippen molar-refractivity contribution in [1.29, 1.82) is 0 Å². The van der Waals surface area contributed by atoms with Crippen LogP contribution in [0.4, 0.5) is 0 Å². The molecule has 253 valence electrons. The summed E-state index contributed by atoms with van der Waals surface area (Å²) in [5.74, 6) is -0.174. The van der Waals surface area contributed by atoms with Crippen molar-refractivity contribution >= 4 is 56.7 Å². The van der Waals surface area contributed by atoms with Crippen molar-refractivity contribution in [3.8, 4) is 22.5 Å². The Morgan fingerprint density at radius 2 is 1.40 bits per heavy atom. The van der Waals surface area contributed by atoms with Gasteiger partial charge >= 0.3 is 0 Å². The molecule has 0 fully saturated rings. The first-order valence-corrected chi connectivity index (χ1v) is 20.5. The standard InChI is InChI=1S/C23H24NOSi.C22H18N.Ir/c1-15(2)16-11-12-24-21(13-16)20-8-6-7-19-18-10-9-17(26(3,4)5)14-22(18)25-23(19)20;1-15(2)17-11-12-23-22(14-17)19-9-10-21-18(13-19)8-7-16-5-3-4-6-20(16)21;/h6-7,9-15H,1-5H3;3-8,10-15H,1-2H3;/q2*-1;/i15D;;.